The second-order valence-corrected chi connectivity index (χ2v) is 4.63. The fourth-order valence-electron chi connectivity index (χ4n) is 1.76. The van der Waals surface area contributed by atoms with Gasteiger partial charge in [-0.05, 0) is 29.8 Å². The highest BCUT2D eigenvalue weighted by Gasteiger charge is 2.03. The van der Waals surface area contributed by atoms with Crippen LogP contribution >= 0.6 is 11.6 Å². The van der Waals surface area contributed by atoms with Gasteiger partial charge in [-0.1, -0.05) is 23.7 Å². The topological polar surface area (TPSA) is 42.1 Å². The number of rotatable bonds is 4. The number of aromatic nitrogens is 1. The number of benzene rings is 1. The van der Waals surface area contributed by atoms with Gasteiger partial charge >= 0.3 is 0 Å². The third kappa shape index (κ3) is 3.22. The third-order valence-corrected chi connectivity index (χ3v) is 3.00. The van der Waals surface area contributed by atoms with E-state index in [0.29, 0.717) is 6.54 Å². The monoisotopic (exact) mass is 261 g/mol. The number of pyridine rings is 1. The summed E-state index contributed by atoms with van der Waals surface area (Å²) in [4.78, 5) is 6.41. The molecule has 2 aromatic rings. The summed E-state index contributed by atoms with van der Waals surface area (Å²) in [6.07, 6.45) is 1.84. The van der Waals surface area contributed by atoms with Crippen molar-refractivity contribution in [2.45, 2.75) is 13.1 Å². The molecule has 0 aliphatic heterocycles. The molecule has 1 aromatic carbocycles. The minimum Gasteiger partial charge on any atom is -0.369 e. The zero-order valence-electron chi connectivity index (χ0n) is 10.3. The molecule has 0 radical (unpaired) electrons. The van der Waals surface area contributed by atoms with Crippen LogP contribution in [0.3, 0.4) is 0 Å². The van der Waals surface area contributed by atoms with Gasteiger partial charge in [0.2, 0.25) is 0 Å². The van der Waals surface area contributed by atoms with Crippen molar-refractivity contribution in [2.24, 2.45) is 5.73 Å². The fourth-order valence-corrected chi connectivity index (χ4v) is 1.98. The minimum atomic E-state index is 0.471. The molecule has 0 bridgehead atoms. The maximum atomic E-state index is 5.97. The molecule has 4 heteroatoms. The summed E-state index contributed by atoms with van der Waals surface area (Å²) >= 11 is 5.97. The van der Waals surface area contributed by atoms with E-state index in [1.54, 1.807) is 0 Å². The average Bonchev–Trinajstić information content (AvgIpc) is 2.39. The van der Waals surface area contributed by atoms with E-state index in [2.05, 4.69) is 16.0 Å². The smallest absolute Gasteiger partial charge is 0.0553 e. The zero-order chi connectivity index (χ0) is 13.0. The second kappa shape index (κ2) is 5.85. The molecule has 2 rings (SSSR count). The Morgan fingerprint density at radius 2 is 2.11 bits per heavy atom. The van der Waals surface area contributed by atoms with E-state index in [-0.39, 0.29) is 0 Å². The number of hydrogen-bond acceptors (Lipinski definition) is 3. The highest BCUT2D eigenvalue weighted by molar-refractivity contribution is 6.30. The molecule has 0 spiro atoms. The molecule has 3 nitrogen and oxygen atoms in total. The molecule has 0 fully saturated rings. The lowest BCUT2D eigenvalue weighted by molar-refractivity contribution is 0.908. The van der Waals surface area contributed by atoms with Gasteiger partial charge in [-0.2, -0.15) is 0 Å². The average molecular weight is 262 g/mol. The molecule has 0 amide bonds. The van der Waals surface area contributed by atoms with Gasteiger partial charge < -0.3 is 10.6 Å². The van der Waals surface area contributed by atoms with E-state index in [1.165, 1.54) is 5.56 Å². The summed E-state index contributed by atoms with van der Waals surface area (Å²) in [5.41, 5.74) is 8.66. The van der Waals surface area contributed by atoms with E-state index in [4.69, 9.17) is 17.3 Å². The summed E-state index contributed by atoms with van der Waals surface area (Å²) < 4.78 is 0. The maximum Gasteiger partial charge on any atom is 0.0553 e. The Labute approximate surface area is 112 Å². The number of nitrogens with two attached hydrogens (primary N) is 1. The van der Waals surface area contributed by atoms with E-state index >= 15 is 0 Å². The van der Waals surface area contributed by atoms with Crippen molar-refractivity contribution in [1.29, 1.82) is 0 Å². The van der Waals surface area contributed by atoms with Crippen LogP contribution in [0.5, 0.6) is 0 Å². The van der Waals surface area contributed by atoms with Gasteiger partial charge in [0.05, 0.1) is 17.6 Å². The number of nitrogens with zero attached hydrogens (tertiary/aromatic N) is 2. The van der Waals surface area contributed by atoms with Crippen LogP contribution in [-0.4, -0.2) is 12.0 Å². The number of hydrogen-bond donors (Lipinski definition) is 1. The first kappa shape index (κ1) is 12.9. The molecule has 0 aliphatic carbocycles. The van der Waals surface area contributed by atoms with Crippen molar-refractivity contribution in [2.75, 3.05) is 11.9 Å². The van der Waals surface area contributed by atoms with Crippen molar-refractivity contribution in [1.82, 2.24) is 4.98 Å². The fraction of sp³-hybridized carbons (Fsp3) is 0.214. The minimum absolute atomic E-state index is 0.471. The SMILES string of the molecule is CN(Cc1cccc(Cl)c1)c1ccc(CN)nc1. The molecule has 0 saturated heterocycles. The lowest BCUT2D eigenvalue weighted by Crippen LogP contribution is -2.16. The van der Waals surface area contributed by atoms with Crippen molar-refractivity contribution < 1.29 is 0 Å². The van der Waals surface area contributed by atoms with Gasteiger partial charge in [0.1, 0.15) is 0 Å². The molecule has 94 valence electrons. The Hall–Kier alpha value is -1.58. The van der Waals surface area contributed by atoms with Crippen LogP contribution < -0.4 is 10.6 Å². The van der Waals surface area contributed by atoms with Gasteiger partial charge in [0.15, 0.2) is 0 Å². The Bertz CT molecular complexity index is 511. The molecule has 0 saturated carbocycles. The quantitative estimate of drug-likeness (QED) is 0.920. The van der Waals surface area contributed by atoms with E-state index in [0.717, 1.165) is 22.9 Å². The molecule has 18 heavy (non-hydrogen) atoms. The highest BCUT2D eigenvalue weighted by Crippen LogP contribution is 2.17. The van der Waals surface area contributed by atoms with E-state index in [9.17, 15) is 0 Å². The van der Waals surface area contributed by atoms with Gasteiger partial charge in [-0.3, -0.25) is 4.98 Å². The van der Waals surface area contributed by atoms with Crippen molar-refractivity contribution >= 4 is 17.3 Å². The van der Waals surface area contributed by atoms with Crippen molar-refractivity contribution in [3.05, 3.63) is 58.9 Å². The summed E-state index contributed by atoms with van der Waals surface area (Å²) in [7, 11) is 2.03. The van der Waals surface area contributed by atoms with E-state index in [1.807, 2.05) is 43.6 Å². The van der Waals surface area contributed by atoms with Crippen LogP contribution in [0.2, 0.25) is 5.02 Å². The van der Waals surface area contributed by atoms with Crippen LogP contribution in [0.25, 0.3) is 0 Å². The molecular formula is C14H16ClN3. The molecule has 0 aliphatic rings. The standard InChI is InChI=1S/C14H16ClN3/c1-18(10-11-3-2-4-12(15)7-11)14-6-5-13(8-16)17-9-14/h2-7,9H,8,10,16H2,1H3. The normalized spacial score (nSPS) is 10.4. The van der Waals surface area contributed by atoms with Crippen LogP contribution in [0.1, 0.15) is 11.3 Å². The Morgan fingerprint density at radius 3 is 2.72 bits per heavy atom. The lowest BCUT2D eigenvalue weighted by Gasteiger charge is -2.19. The van der Waals surface area contributed by atoms with Crippen molar-refractivity contribution in [3.63, 3.8) is 0 Å². The highest BCUT2D eigenvalue weighted by atomic mass is 35.5. The van der Waals surface area contributed by atoms with E-state index < -0.39 is 0 Å². The molecule has 1 heterocycles. The summed E-state index contributed by atoms with van der Waals surface area (Å²) in [5.74, 6) is 0. The molecule has 1 aromatic heterocycles. The summed E-state index contributed by atoms with van der Waals surface area (Å²) in [6, 6.07) is 11.8. The van der Waals surface area contributed by atoms with Crippen LogP contribution in [0.15, 0.2) is 42.6 Å². The molecule has 2 N–H and O–H groups in total. The first-order valence-electron chi connectivity index (χ1n) is 5.79. The molecule has 0 atom stereocenters. The largest absolute Gasteiger partial charge is 0.369 e. The maximum absolute atomic E-state index is 5.97. The summed E-state index contributed by atoms with van der Waals surface area (Å²) in [5, 5.41) is 0.762. The first-order chi connectivity index (χ1) is 8.69. The lowest BCUT2D eigenvalue weighted by atomic mass is 10.2. The number of halogens is 1. The van der Waals surface area contributed by atoms with Gasteiger partial charge in [-0.25, -0.2) is 0 Å². The Balaban J connectivity index is 2.09. The van der Waals surface area contributed by atoms with Gasteiger partial charge in [-0.15, -0.1) is 0 Å². The molecular weight excluding hydrogens is 246 g/mol. The van der Waals surface area contributed by atoms with Gasteiger partial charge in [0.25, 0.3) is 0 Å². The van der Waals surface area contributed by atoms with Crippen LogP contribution in [0.4, 0.5) is 5.69 Å². The second-order valence-electron chi connectivity index (χ2n) is 4.20. The van der Waals surface area contributed by atoms with Crippen LogP contribution in [-0.2, 0) is 13.1 Å². The zero-order valence-corrected chi connectivity index (χ0v) is 11.1. The van der Waals surface area contributed by atoms with Gasteiger partial charge in [0, 0.05) is 25.2 Å². The third-order valence-electron chi connectivity index (χ3n) is 2.77. The van der Waals surface area contributed by atoms with Crippen LogP contribution in [0, 0.1) is 0 Å². The Morgan fingerprint density at radius 1 is 1.28 bits per heavy atom. The predicted octanol–water partition coefficient (Wildman–Crippen LogP) is 2.83. The predicted molar refractivity (Wildman–Crippen MR) is 75.7 cm³/mol. The Kier molecular flexibility index (Phi) is 4.18. The van der Waals surface area contributed by atoms with Crippen molar-refractivity contribution in [3.8, 4) is 0 Å². The first-order valence-corrected chi connectivity index (χ1v) is 6.17. The summed E-state index contributed by atoms with van der Waals surface area (Å²) in [6.45, 7) is 1.27. The number of anilines is 1. The molecule has 0 unspecified atom stereocenters.